The number of hydrogen-bond acceptors (Lipinski definition) is 5. The summed E-state index contributed by atoms with van der Waals surface area (Å²) >= 11 is 12.5. The van der Waals surface area contributed by atoms with Gasteiger partial charge in [-0.25, -0.2) is 9.67 Å². The van der Waals surface area contributed by atoms with Crippen LogP contribution in [-0.2, 0) is 24.7 Å². The second-order valence-electron chi connectivity index (χ2n) is 8.50. The average Bonchev–Trinajstić information content (AvgIpc) is 3.24. The summed E-state index contributed by atoms with van der Waals surface area (Å²) in [5.41, 5.74) is 6.34. The summed E-state index contributed by atoms with van der Waals surface area (Å²) in [6.07, 6.45) is 5.10. The Balaban J connectivity index is 1.42. The van der Waals surface area contributed by atoms with E-state index in [2.05, 4.69) is 4.98 Å². The number of para-hydroxylation sites is 1. The monoisotopic (exact) mass is 518 g/mol. The van der Waals surface area contributed by atoms with Gasteiger partial charge in [-0.3, -0.25) is 4.98 Å². The van der Waals surface area contributed by atoms with Crippen molar-refractivity contribution in [2.45, 2.75) is 33.8 Å². The van der Waals surface area contributed by atoms with Gasteiger partial charge in [0.1, 0.15) is 24.6 Å². The third kappa shape index (κ3) is 5.21. The molecule has 3 aromatic heterocycles. The molecular weight excluding hydrogens is 495 g/mol. The van der Waals surface area contributed by atoms with Crippen molar-refractivity contribution in [2.24, 2.45) is 0 Å². The molecule has 0 N–H and O–H groups in total. The molecule has 0 atom stereocenters. The molecule has 36 heavy (non-hydrogen) atoms. The van der Waals surface area contributed by atoms with E-state index in [-0.39, 0.29) is 6.61 Å². The Morgan fingerprint density at radius 1 is 0.917 bits per heavy atom. The summed E-state index contributed by atoms with van der Waals surface area (Å²) in [5.74, 6) is 0.643. The lowest BCUT2D eigenvalue weighted by molar-refractivity contribution is 0.0562. The lowest BCUT2D eigenvalue weighted by Gasteiger charge is -2.13. The molecule has 0 radical (unpaired) electrons. The van der Waals surface area contributed by atoms with Gasteiger partial charge in [0, 0.05) is 40.8 Å². The molecule has 0 bridgehead atoms. The number of ether oxygens (including phenoxy) is 2. The largest absolute Gasteiger partial charge is 0.487 e. The Morgan fingerprint density at radius 2 is 1.69 bits per heavy atom. The van der Waals surface area contributed by atoms with Crippen LogP contribution in [0.1, 0.15) is 22.4 Å². The van der Waals surface area contributed by atoms with Gasteiger partial charge in [-0.1, -0.05) is 65.7 Å². The van der Waals surface area contributed by atoms with E-state index in [4.69, 9.17) is 42.8 Å². The molecule has 0 fully saturated rings. The van der Waals surface area contributed by atoms with E-state index in [1.165, 1.54) is 0 Å². The highest BCUT2D eigenvalue weighted by molar-refractivity contribution is 6.35. The molecule has 8 heteroatoms. The molecule has 0 spiro atoms. The molecule has 0 saturated carbocycles. The zero-order valence-corrected chi connectivity index (χ0v) is 21.4. The van der Waals surface area contributed by atoms with E-state index in [1.54, 1.807) is 12.4 Å². The van der Waals surface area contributed by atoms with E-state index in [0.717, 1.165) is 39.0 Å². The normalized spacial score (nSPS) is 11.2. The Labute approximate surface area is 219 Å². The highest BCUT2D eigenvalue weighted by Crippen LogP contribution is 2.35. The van der Waals surface area contributed by atoms with Crippen LogP contribution in [0, 0.1) is 13.8 Å². The van der Waals surface area contributed by atoms with E-state index in [1.807, 2.05) is 79.3 Å². The number of benzene rings is 2. The van der Waals surface area contributed by atoms with Crippen LogP contribution in [0.15, 0.2) is 73.2 Å². The second kappa shape index (κ2) is 10.7. The summed E-state index contributed by atoms with van der Waals surface area (Å²) in [5, 5.41) is 6.70. The predicted octanol–water partition coefficient (Wildman–Crippen LogP) is 7.17. The molecule has 0 aliphatic carbocycles. The summed E-state index contributed by atoms with van der Waals surface area (Å²) in [6, 6.07) is 18.0. The van der Waals surface area contributed by atoms with Crippen molar-refractivity contribution in [2.75, 3.05) is 0 Å². The van der Waals surface area contributed by atoms with Crippen molar-refractivity contribution < 1.29 is 9.47 Å². The van der Waals surface area contributed by atoms with Crippen LogP contribution in [0.5, 0.6) is 5.75 Å². The molecule has 3 heterocycles. The van der Waals surface area contributed by atoms with Crippen molar-refractivity contribution in [1.82, 2.24) is 19.7 Å². The van der Waals surface area contributed by atoms with Crippen molar-refractivity contribution >= 4 is 34.1 Å². The summed E-state index contributed by atoms with van der Waals surface area (Å²) in [7, 11) is 0. The minimum atomic E-state index is 0.205. The Bertz CT molecular complexity index is 1500. The number of hydrogen-bond donors (Lipinski definition) is 0. The summed E-state index contributed by atoms with van der Waals surface area (Å²) in [4.78, 5) is 8.78. The van der Waals surface area contributed by atoms with Crippen LogP contribution in [-0.4, -0.2) is 19.7 Å². The summed E-state index contributed by atoms with van der Waals surface area (Å²) < 4.78 is 13.8. The van der Waals surface area contributed by atoms with E-state index in [9.17, 15) is 0 Å². The summed E-state index contributed by atoms with van der Waals surface area (Å²) in [6.45, 7) is 5.10. The molecule has 2 aromatic carbocycles. The van der Waals surface area contributed by atoms with Gasteiger partial charge < -0.3 is 9.47 Å². The fourth-order valence-corrected chi connectivity index (χ4v) is 4.55. The number of halogens is 2. The fraction of sp³-hybridized carbons (Fsp3) is 0.179. The minimum absolute atomic E-state index is 0.205. The first-order valence-electron chi connectivity index (χ1n) is 11.5. The standard InChI is InChI=1S/C28H24Cl2N4O2/c1-18-14-34(17-35-15-20-7-4-3-5-8-20)33-27(18)22-11-19(2)32-28-21(22)9-6-10-26(28)36-16-23-24(29)12-31-13-25(23)30/h3-14H,15-17H2,1-2H3. The predicted molar refractivity (Wildman–Crippen MR) is 142 cm³/mol. The van der Waals surface area contributed by atoms with Gasteiger partial charge in [0.05, 0.1) is 22.3 Å². The van der Waals surface area contributed by atoms with Gasteiger partial charge >= 0.3 is 0 Å². The van der Waals surface area contributed by atoms with Crippen molar-refractivity contribution in [3.63, 3.8) is 0 Å². The number of fused-ring (bicyclic) bond motifs is 1. The van der Waals surface area contributed by atoms with Crippen LogP contribution < -0.4 is 4.74 Å². The number of rotatable bonds is 8. The van der Waals surface area contributed by atoms with Crippen LogP contribution in [0.25, 0.3) is 22.2 Å². The maximum atomic E-state index is 6.27. The zero-order chi connectivity index (χ0) is 25.1. The third-order valence-electron chi connectivity index (χ3n) is 5.79. The zero-order valence-electron chi connectivity index (χ0n) is 19.9. The number of pyridine rings is 2. The van der Waals surface area contributed by atoms with Crippen molar-refractivity contribution in [3.05, 3.63) is 106 Å². The number of aryl methyl sites for hydroxylation is 2. The van der Waals surface area contributed by atoms with Crippen molar-refractivity contribution in [3.8, 4) is 17.0 Å². The molecule has 0 saturated heterocycles. The van der Waals surface area contributed by atoms with Gasteiger partial charge in [-0.15, -0.1) is 0 Å². The molecule has 0 unspecified atom stereocenters. The lowest BCUT2D eigenvalue weighted by Crippen LogP contribution is -2.03. The molecule has 0 amide bonds. The molecule has 5 aromatic rings. The molecule has 0 aliphatic rings. The maximum absolute atomic E-state index is 6.27. The Morgan fingerprint density at radius 3 is 2.47 bits per heavy atom. The highest BCUT2D eigenvalue weighted by Gasteiger charge is 2.16. The van der Waals surface area contributed by atoms with Crippen LogP contribution in [0.3, 0.4) is 0 Å². The third-order valence-corrected chi connectivity index (χ3v) is 6.44. The topological polar surface area (TPSA) is 62.1 Å². The van der Waals surface area contributed by atoms with Gasteiger partial charge in [0.25, 0.3) is 0 Å². The smallest absolute Gasteiger partial charge is 0.146 e. The fourth-order valence-electron chi connectivity index (χ4n) is 4.07. The van der Waals surface area contributed by atoms with Crippen LogP contribution in [0.4, 0.5) is 0 Å². The second-order valence-corrected chi connectivity index (χ2v) is 9.31. The van der Waals surface area contributed by atoms with Gasteiger partial charge in [0.2, 0.25) is 0 Å². The SMILES string of the molecule is Cc1cc(-c2nn(COCc3ccccc3)cc2C)c2cccc(OCc3c(Cl)cncc3Cl)c2n1. The van der Waals surface area contributed by atoms with E-state index < -0.39 is 0 Å². The first-order valence-corrected chi connectivity index (χ1v) is 12.2. The minimum Gasteiger partial charge on any atom is -0.487 e. The van der Waals surface area contributed by atoms with E-state index >= 15 is 0 Å². The number of aromatic nitrogens is 4. The molecule has 0 aliphatic heterocycles. The number of nitrogens with zero attached hydrogens (tertiary/aromatic N) is 4. The van der Waals surface area contributed by atoms with Gasteiger partial charge in [-0.05, 0) is 37.1 Å². The van der Waals surface area contributed by atoms with Crippen LogP contribution in [0.2, 0.25) is 10.0 Å². The van der Waals surface area contributed by atoms with Crippen LogP contribution >= 0.6 is 23.2 Å². The molecule has 5 rings (SSSR count). The van der Waals surface area contributed by atoms with E-state index in [0.29, 0.717) is 34.7 Å². The molecular formula is C28H24Cl2N4O2. The average molecular weight is 519 g/mol. The lowest BCUT2D eigenvalue weighted by atomic mass is 10.0. The quantitative estimate of drug-likeness (QED) is 0.218. The maximum Gasteiger partial charge on any atom is 0.146 e. The van der Waals surface area contributed by atoms with Crippen molar-refractivity contribution in [1.29, 1.82) is 0 Å². The highest BCUT2D eigenvalue weighted by atomic mass is 35.5. The molecule has 182 valence electrons. The Kier molecular flexibility index (Phi) is 7.18. The molecule has 6 nitrogen and oxygen atoms in total. The first kappa shape index (κ1) is 24.3. The van der Waals surface area contributed by atoms with Gasteiger partial charge in [0.15, 0.2) is 0 Å². The van der Waals surface area contributed by atoms with Gasteiger partial charge in [-0.2, -0.15) is 5.10 Å². The Hall–Kier alpha value is -3.45. The first-order chi connectivity index (χ1) is 17.5.